The lowest BCUT2D eigenvalue weighted by Gasteiger charge is -2.37. The fourth-order valence-electron chi connectivity index (χ4n) is 2.42. The van der Waals surface area contributed by atoms with Crippen LogP contribution in [0.15, 0.2) is 24.8 Å². The molecule has 3 rings (SSSR count). The highest BCUT2D eigenvalue weighted by Gasteiger charge is 2.35. The van der Waals surface area contributed by atoms with Gasteiger partial charge in [-0.15, -0.1) is 5.10 Å². The number of likely N-dealkylation sites (tertiary alicyclic amines) is 1. The number of carbonyl (C=O) groups is 1. The maximum atomic E-state index is 12.4. The second-order valence-corrected chi connectivity index (χ2v) is 5.27. The number of amides is 1. The van der Waals surface area contributed by atoms with Crippen LogP contribution in [-0.2, 0) is 0 Å². The van der Waals surface area contributed by atoms with Gasteiger partial charge in [0.05, 0.1) is 13.2 Å². The fraction of sp³-hybridized carbons (Fsp3) is 0.462. The number of aromatic nitrogens is 5. The van der Waals surface area contributed by atoms with Gasteiger partial charge in [0, 0.05) is 18.9 Å². The monoisotopic (exact) mass is 304 g/mol. The average Bonchev–Trinajstić information content (AvgIpc) is 3.05. The van der Waals surface area contributed by atoms with Crippen LogP contribution in [0.1, 0.15) is 23.5 Å². The second-order valence-electron chi connectivity index (χ2n) is 5.27. The van der Waals surface area contributed by atoms with E-state index < -0.39 is 5.60 Å². The molecule has 1 aliphatic heterocycles. The number of hydrogen-bond donors (Lipinski definition) is 2. The molecule has 0 saturated carbocycles. The van der Waals surface area contributed by atoms with Crippen molar-refractivity contribution in [2.45, 2.75) is 18.4 Å². The van der Waals surface area contributed by atoms with E-state index in [1.165, 1.54) is 15.9 Å². The number of aliphatic hydroxyl groups is 2. The van der Waals surface area contributed by atoms with E-state index in [1.807, 2.05) is 0 Å². The fourth-order valence-corrected chi connectivity index (χ4v) is 2.42. The van der Waals surface area contributed by atoms with Gasteiger partial charge in [-0.05, 0) is 18.9 Å². The number of β-amino-alcohol motifs (C(OH)–C–C–N with tert-alkyl or cyclic N) is 1. The van der Waals surface area contributed by atoms with Crippen LogP contribution in [0.5, 0.6) is 0 Å². The number of rotatable bonds is 3. The Morgan fingerprint density at radius 1 is 1.32 bits per heavy atom. The molecule has 0 aromatic carbocycles. The van der Waals surface area contributed by atoms with Gasteiger partial charge in [0.1, 0.15) is 11.9 Å². The van der Waals surface area contributed by atoms with Crippen molar-refractivity contribution in [1.29, 1.82) is 0 Å². The number of hydrogen-bond acceptors (Lipinski definition) is 7. The number of carbonyl (C=O) groups excluding carboxylic acids is 1. The van der Waals surface area contributed by atoms with Gasteiger partial charge in [0.2, 0.25) is 5.82 Å². The number of aliphatic hydroxyl groups excluding tert-OH is 1. The Kier molecular flexibility index (Phi) is 3.82. The summed E-state index contributed by atoms with van der Waals surface area (Å²) in [6, 6.07) is 1.68. The van der Waals surface area contributed by atoms with Crippen LogP contribution >= 0.6 is 0 Å². The summed E-state index contributed by atoms with van der Waals surface area (Å²) >= 11 is 0. The van der Waals surface area contributed by atoms with Crippen molar-refractivity contribution in [3.8, 4) is 5.95 Å². The van der Waals surface area contributed by atoms with Gasteiger partial charge in [-0.2, -0.15) is 4.68 Å². The van der Waals surface area contributed by atoms with Gasteiger partial charge in [-0.1, -0.05) is 0 Å². The van der Waals surface area contributed by atoms with Gasteiger partial charge in [-0.25, -0.2) is 15.0 Å². The zero-order valence-corrected chi connectivity index (χ0v) is 11.8. The first-order valence-electron chi connectivity index (χ1n) is 6.93. The highest BCUT2D eigenvalue weighted by molar-refractivity contribution is 5.90. The van der Waals surface area contributed by atoms with Crippen LogP contribution < -0.4 is 0 Å². The normalized spacial score (nSPS) is 21.8. The predicted molar refractivity (Wildman–Crippen MR) is 74.1 cm³/mol. The maximum Gasteiger partial charge on any atom is 0.293 e. The molecule has 1 aliphatic rings. The molecule has 2 aromatic rings. The van der Waals surface area contributed by atoms with E-state index in [4.69, 9.17) is 0 Å². The van der Waals surface area contributed by atoms with Crippen LogP contribution in [0.25, 0.3) is 5.95 Å². The predicted octanol–water partition coefficient (Wildman–Crippen LogP) is -0.983. The molecule has 0 aliphatic carbocycles. The summed E-state index contributed by atoms with van der Waals surface area (Å²) in [5, 5.41) is 23.4. The Balaban J connectivity index is 1.77. The second kappa shape index (κ2) is 5.78. The molecule has 1 saturated heterocycles. The Morgan fingerprint density at radius 3 is 2.82 bits per heavy atom. The highest BCUT2D eigenvalue weighted by atomic mass is 16.3. The molecule has 0 radical (unpaired) electrons. The molecule has 0 bridgehead atoms. The molecule has 1 atom stereocenters. The van der Waals surface area contributed by atoms with Crippen molar-refractivity contribution in [2.75, 3.05) is 19.7 Å². The molecule has 3 heterocycles. The van der Waals surface area contributed by atoms with E-state index in [-0.39, 0.29) is 24.9 Å². The third-order valence-corrected chi connectivity index (χ3v) is 3.58. The van der Waals surface area contributed by atoms with E-state index in [0.29, 0.717) is 25.3 Å². The van der Waals surface area contributed by atoms with Gasteiger partial charge >= 0.3 is 0 Å². The third kappa shape index (κ3) is 2.81. The van der Waals surface area contributed by atoms with Crippen LogP contribution in [0.3, 0.4) is 0 Å². The van der Waals surface area contributed by atoms with E-state index in [0.717, 1.165) is 0 Å². The Labute approximate surface area is 126 Å². The molecule has 1 amide bonds. The van der Waals surface area contributed by atoms with E-state index in [2.05, 4.69) is 20.1 Å². The molecule has 1 fully saturated rings. The Bertz CT molecular complexity index is 661. The smallest absolute Gasteiger partial charge is 0.293 e. The lowest BCUT2D eigenvalue weighted by atomic mass is 9.94. The quantitative estimate of drug-likeness (QED) is 0.748. The van der Waals surface area contributed by atoms with Gasteiger partial charge in [-0.3, -0.25) is 4.79 Å². The number of nitrogens with zero attached hydrogens (tertiary/aromatic N) is 6. The molecular weight excluding hydrogens is 288 g/mol. The van der Waals surface area contributed by atoms with Crippen molar-refractivity contribution < 1.29 is 15.0 Å². The topological polar surface area (TPSA) is 117 Å². The summed E-state index contributed by atoms with van der Waals surface area (Å²) < 4.78 is 1.31. The van der Waals surface area contributed by atoms with Gasteiger partial charge in [0.25, 0.3) is 11.9 Å². The summed E-state index contributed by atoms with van der Waals surface area (Å²) in [6.45, 7) is 0.187. The lowest BCUT2D eigenvalue weighted by Crippen LogP contribution is -2.52. The molecule has 1 unspecified atom stereocenters. The molecule has 9 heteroatoms. The first-order chi connectivity index (χ1) is 10.6. The van der Waals surface area contributed by atoms with Crippen molar-refractivity contribution in [2.24, 2.45) is 0 Å². The molecule has 2 aromatic heterocycles. The minimum absolute atomic E-state index is 0.00893. The molecule has 0 spiro atoms. The Hall–Kier alpha value is -2.39. The van der Waals surface area contributed by atoms with Gasteiger partial charge < -0.3 is 15.1 Å². The summed E-state index contributed by atoms with van der Waals surface area (Å²) in [5.41, 5.74) is -1.25. The summed E-state index contributed by atoms with van der Waals surface area (Å²) in [7, 11) is 0. The van der Waals surface area contributed by atoms with E-state index in [9.17, 15) is 15.0 Å². The SMILES string of the molecule is O=C(c1ncn(-c2ncccn2)n1)N1CCCC(O)(CO)C1. The summed E-state index contributed by atoms with van der Waals surface area (Å²) in [6.07, 6.45) is 5.58. The van der Waals surface area contributed by atoms with Crippen molar-refractivity contribution in [1.82, 2.24) is 29.6 Å². The summed E-state index contributed by atoms with van der Waals surface area (Å²) in [5.74, 6) is -0.0598. The molecular formula is C13H16N6O3. The third-order valence-electron chi connectivity index (χ3n) is 3.58. The first-order valence-corrected chi connectivity index (χ1v) is 6.93. The van der Waals surface area contributed by atoms with Crippen LogP contribution in [-0.4, -0.2) is 71.1 Å². The Morgan fingerprint density at radius 2 is 2.09 bits per heavy atom. The standard InChI is InChI=1S/C13H16N6O3/c20-8-13(22)3-1-6-18(7-13)11(21)10-16-9-19(17-10)12-14-4-2-5-15-12/h2,4-5,9,20,22H,1,3,6-8H2. The van der Waals surface area contributed by atoms with Crippen molar-refractivity contribution >= 4 is 5.91 Å². The minimum atomic E-state index is -1.25. The molecule has 9 nitrogen and oxygen atoms in total. The van der Waals surface area contributed by atoms with Crippen LogP contribution in [0, 0.1) is 0 Å². The minimum Gasteiger partial charge on any atom is -0.393 e. The number of piperidine rings is 1. The zero-order chi connectivity index (χ0) is 15.6. The molecule has 22 heavy (non-hydrogen) atoms. The molecule has 2 N–H and O–H groups in total. The maximum absolute atomic E-state index is 12.4. The van der Waals surface area contributed by atoms with Crippen LogP contribution in [0.2, 0.25) is 0 Å². The average molecular weight is 304 g/mol. The summed E-state index contributed by atoms with van der Waals surface area (Å²) in [4.78, 5) is 25.9. The first kappa shape index (κ1) is 14.5. The van der Waals surface area contributed by atoms with E-state index in [1.54, 1.807) is 18.5 Å². The largest absolute Gasteiger partial charge is 0.393 e. The van der Waals surface area contributed by atoms with Crippen LogP contribution in [0.4, 0.5) is 0 Å². The molecule has 116 valence electrons. The zero-order valence-electron chi connectivity index (χ0n) is 11.8. The van der Waals surface area contributed by atoms with Crippen molar-refractivity contribution in [3.63, 3.8) is 0 Å². The highest BCUT2D eigenvalue weighted by Crippen LogP contribution is 2.21. The van der Waals surface area contributed by atoms with E-state index >= 15 is 0 Å². The van der Waals surface area contributed by atoms with Crippen molar-refractivity contribution in [3.05, 3.63) is 30.6 Å². The lowest BCUT2D eigenvalue weighted by molar-refractivity contribution is -0.0600. The van der Waals surface area contributed by atoms with Gasteiger partial charge in [0.15, 0.2) is 0 Å².